The highest BCUT2D eigenvalue weighted by Gasteiger charge is 2.19. The predicted octanol–water partition coefficient (Wildman–Crippen LogP) is 2.37. The van der Waals surface area contributed by atoms with Gasteiger partial charge in [0.25, 0.3) is 0 Å². The number of fused-ring (bicyclic) bond motifs is 1. The average Bonchev–Trinajstić information content (AvgIpc) is 2.95. The summed E-state index contributed by atoms with van der Waals surface area (Å²) in [5.74, 6) is 0.0263. The Morgan fingerprint density at radius 1 is 1.25 bits per heavy atom. The Morgan fingerprint density at radius 3 is 2.55 bits per heavy atom. The fraction of sp³-hybridized carbons (Fsp3) is 0.286. The molecule has 1 aromatic carbocycles. The van der Waals surface area contributed by atoms with Crippen LogP contribution in [0.2, 0.25) is 0 Å². The first-order valence-electron chi connectivity index (χ1n) is 6.32. The molecule has 0 radical (unpaired) electrons. The van der Waals surface area contributed by atoms with Gasteiger partial charge in [-0.1, -0.05) is 12.1 Å². The molecule has 0 bridgehead atoms. The number of hydrogen-bond acceptors (Lipinski definition) is 5. The Hall–Kier alpha value is -2.50. The molecule has 0 fully saturated rings. The second-order valence-electron chi connectivity index (χ2n) is 4.39. The van der Waals surface area contributed by atoms with E-state index in [4.69, 9.17) is 19.1 Å². The molecule has 0 aliphatic carbocycles. The van der Waals surface area contributed by atoms with Crippen molar-refractivity contribution >= 4 is 5.97 Å². The Bertz CT molecular complexity index is 662. The number of aromatic carboxylic acids is 1. The van der Waals surface area contributed by atoms with Crippen molar-refractivity contribution in [3.63, 3.8) is 0 Å². The standard InChI is InChI=1S/C14H13NO5/c1-2-8-5-11-12(19-4-3-18-11)6-9(8)10-7-13(14(16)17)20-15-10/h5-7H,2-4H2,1H3,(H,16,17). The van der Waals surface area contributed by atoms with Gasteiger partial charge in [-0.05, 0) is 24.1 Å². The third-order valence-electron chi connectivity index (χ3n) is 3.15. The van der Waals surface area contributed by atoms with Gasteiger partial charge in [0.1, 0.15) is 18.9 Å². The molecule has 6 heteroatoms. The van der Waals surface area contributed by atoms with Gasteiger partial charge in [0.15, 0.2) is 11.5 Å². The van der Waals surface area contributed by atoms with Crippen molar-refractivity contribution in [2.75, 3.05) is 13.2 Å². The normalized spacial score (nSPS) is 13.2. The molecule has 6 nitrogen and oxygen atoms in total. The molecule has 0 amide bonds. The van der Waals surface area contributed by atoms with E-state index in [0.717, 1.165) is 17.5 Å². The van der Waals surface area contributed by atoms with Crippen LogP contribution in [0.3, 0.4) is 0 Å². The number of aromatic nitrogens is 1. The zero-order valence-electron chi connectivity index (χ0n) is 10.9. The summed E-state index contributed by atoms with van der Waals surface area (Å²) in [7, 11) is 0. The van der Waals surface area contributed by atoms with Crippen LogP contribution in [0.15, 0.2) is 22.7 Å². The van der Waals surface area contributed by atoms with Gasteiger partial charge in [-0.25, -0.2) is 4.79 Å². The molecule has 0 atom stereocenters. The van der Waals surface area contributed by atoms with Crippen LogP contribution in [0.1, 0.15) is 23.0 Å². The zero-order valence-corrected chi connectivity index (χ0v) is 10.9. The minimum Gasteiger partial charge on any atom is -0.486 e. The fourth-order valence-electron chi connectivity index (χ4n) is 2.16. The monoisotopic (exact) mass is 275 g/mol. The number of hydrogen-bond donors (Lipinski definition) is 1. The van der Waals surface area contributed by atoms with E-state index in [2.05, 4.69) is 5.16 Å². The SMILES string of the molecule is CCc1cc2c(cc1-c1cc(C(=O)O)on1)OCCO2. The quantitative estimate of drug-likeness (QED) is 0.926. The summed E-state index contributed by atoms with van der Waals surface area (Å²) in [4.78, 5) is 10.9. The highest BCUT2D eigenvalue weighted by Crippen LogP contribution is 2.37. The second-order valence-corrected chi connectivity index (χ2v) is 4.39. The molecule has 1 aliphatic rings. The van der Waals surface area contributed by atoms with Gasteiger partial charge in [0, 0.05) is 11.6 Å². The summed E-state index contributed by atoms with van der Waals surface area (Å²) in [6, 6.07) is 5.13. The minimum atomic E-state index is -1.14. The number of rotatable bonds is 3. The highest BCUT2D eigenvalue weighted by molar-refractivity contribution is 5.86. The summed E-state index contributed by atoms with van der Waals surface area (Å²) in [6.07, 6.45) is 0.765. The van der Waals surface area contributed by atoms with Gasteiger partial charge in [-0.3, -0.25) is 0 Å². The topological polar surface area (TPSA) is 81.8 Å². The highest BCUT2D eigenvalue weighted by atomic mass is 16.6. The number of ether oxygens (including phenoxy) is 2. The van der Waals surface area contributed by atoms with E-state index in [1.165, 1.54) is 6.07 Å². The van der Waals surface area contributed by atoms with Crippen LogP contribution in [0.5, 0.6) is 11.5 Å². The fourth-order valence-corrected chi connectivity index (χ4v) is 2.16. The Morgan fingerprint density at radius 2 is 1.95 bits per heavy atom. The van der Waals surface area contributed by atoms with E-state index < -0.39 is 5.97 Å². The summed E-state index contributed by atoms with van der Waals surface area (Å²) >= 11 is 0. The van der Waals surface area contributed by atoms with Crippen LogP contribution in [0, 0.1) is 0 Å². The molecule has 1 N–H and O–H groups in total. The van der Waals surface area contributed by atoms with Crippen molar-refractivity contribution in [2.45, 2.75) is 13.3 Å². The number of carboxylic acids is 1. The van der Waals surface area contributed by atoms with Gasteiger partial charge in [0.2, 0.25) is 5.76 Å². The van der Waals surface area contributed by atoms with E-state index in [0.29, 0.717) is 30.4 Å². The molecule has 0 saturated heterocycles. The molecular weight excluding hydrogens is 262 g/mol. The largest absolute Gasteiger partial charge is 0.486 e. The summed E-state index contributed by atoms with van der Waals surface area (Å²) in [5.41, 5.74) is 2.28. The summed E-state index contributed by atoms with van der Waals surface area (Å²) in [6.45, 7) is 3.03. The first-order valence-corrected chi connectivity index (χ1v) is 6.32. The zero-order chi connectivity index (χ0) is 14.1. The predicted molar refractivity (Wildman–Crippen MR) is 69.3 cm³/mol. The Labute approximate surface area is 114 Å². The lowest BCUT2D eigenvalue weighted by atomic mass is 10.0. The molecule has 3 rings (SSSR count). The number of aryl methyl sites for hydroxylation is 1. The van der Waals surface area contributed by atoms with Gasteiger partial charge in [-0.2, -0.15) is 0 Å². The van der Waals surface area contributed by atoms with Crippen molar-refractivity contribution < 1.29 is 23.9 Å². The lowest BCUT2D eigenvalue weighted by molar-refractivity contribution is 0.0652. The molecule has 2 heterocycles. The third-order valence-corrected chi connectivity index (χ3v) is 3.15. The van der Waals surface area contributed by atoms with Crippen LogP contribution < -0.4 is 9.47 Å². The van der Waals surface area contributed by atoms with E-state index in [1.54, 1.807) is 0 Å². The molecule has 104 valence electrons. The molecule has 0 spiro atoms. The number of nitrogens with zero attached hydrogens (tertiary/aromatic N) is 1. The molecule has 2 aromatic rings. The van der Waals surface area contributed by atoms with Crippen LogP contribution >= 0.6 is 0 Å². The number of carbonyl (C=O) groups is 1. The number of benzene rings is 1. The molecular formula is C14H13NO5. The van der Waals surface area contributed by atoms with Crippen molar-refractivity contribution in [3.05, 3.63) is 29.5 Å². The van der Waals surface area contributed by atoms with E-state index in [-0.39, 0.29) is 5.76 Å². The van der Waals surface area contributed by atoms with E-state index in [9.17, 15) is 4.79 Å². The maximum atomic E-state index is 10.9. The van der Waals surface area contributed by atoms with Crippen molar-refractivity contribution in [2.24, 2.45) is 0 Å². The Balaban J connectivity index is 2.08. The Kier molecular flexibility index (Phi) is 3.06. The van der Waals surface area contributed by atoms with Crippen LogP contribution in [0.4, 0.5) is 0 Å². The van der Waals surface area contributed by atoms with Gasteiger partial charge >= 0.3 is 5.97 Å². The van der Waals surface area contributed by atoms with Crippen LogP contribution in [0.25, 0.3) is 11.3 Å². The first-order chi connectivity index (χ1) is 9.69. The summed E-state index contributed by atoms with van der Waals surface area (Å²) < 4.78 is 15.9. The maximum Gasteiger partial charge on any atom is 0.374 e. The van der Waals surface area contributed by atoms with Crippen molar-refractivity contribution in [3.8, 4) is 22.8 Å². The minimum absolute atomic E-state index is 0.183. The van der Waals surface area contributed by atoms with Gasteiger partial charge < -0.3 is 19.1 Å². The molecule has 0 unspecified atom stereocenters. The molecule has 1 aromatic heterocycles. The van der Waals surface area contributed by atoms with Crippen molar-refractivity contribution in [1.29, 1.82) is 0 Å². The van der Waals surface area contributed by atoms with Gasteiger partial charge in [0.05, 0.1) is 0 Å². The first kappa shape index (κ1) is 12.5. The maximum absolute atomic E-state index is 10.9. The van der Waals surface area contributed by atoms with Crippen LogP contribution in [-0.4, -0.2) is 29.4 Å². The second kappa shape index (κ2) is 4.88. The lowest BCUT2D eigenvalue weighted by Crippen LogP contribution is -2.15. The third kappa shape index (κ3) is 2.09. The van der Waals surface area contributed by atoms with E-state index in [1.807, 2.05) is 19.1 Å². The van der Waals surface area contributed by atoms with Crippen LogP contribution in [-0.2, 0) is 6.42 Å². The molecule has 1 aliphatic heterocycles. The van der Waals surface area contributed by atoms with Gasteiger partial charge in [-0.15, -0.1) is 0 Å². The lowest BCUT2D eigenvalue weighted by Gasteiger charge is -2.20. The molecule has 20 heavy (non-hydrogen) atoms. The molecule has 0 saturated carbocycles. The average molecular weight is 275 g/mol. The number of carboxylic acid groups (broad SMARTS) is 1. The smallest absolute Gasteiger partial charge is 0.374 e. The van der Waals surface area contributed by atoms with Crippen molar-refractivity contribution in [1.82, 2.24) is 5.16 Å². The summed E-state index contributed by atoms with van der Waals surface area (Å²) in [5, 5.41) is 12.7. The van der Waals surface area contributed by atoms with E-state index >= 15 is 0 Å².